The summed E-state index contributed by atoms with van der Waals surface area (Å²) in [5.74, 6) is 0.552. The van der Waals surface area contributed by atoms with Crippen LogP contribution >= 0.6 is 0 Å². The molecule has 1 unspecified atom stereocenters. The molecule has 0 aromatic heterocycles. The van der Waals surface area contributed by atoms with E-state index in [0.29, 0.717) is 5.75 Å². The molecule has 0 amide bonds. The maximum atomic E-state index is 12.3. The highest BCUT2D eigenvalue weighted by Gasteiger charge is 2.32. The Morgan fingerprint density at radius 1 is 1.21 bits per heavy atom. The lowest BCUT2D eigenvalue weighted by molar-refractivity contribution is -0.145. The smallest absolute Gasteiger partial charge is 0.317 e. The van der Waals surface area contributed by atoms with Gasteiger partial charge in [-0.05, 0) is 56.9 Å². The maximum Gasteiger partial charge on any atom is 0.317 e. The maximum absolute atomic E-state index is 12.3. The average Bonchev–Trinajstić information content (AvgIpc) is 2.40. The Hall–Kier alpha value is -1.31. The molecule has 1 atom stereocenters. The van der Waals surface area contributed by atoms with E-state index in [0.717, 1.165) is 31.2 Å². The van der Waals surface area contributed by atoms with Gasteiger partial charge in [-0.15, -0.1) is 0 Å². The number of unbranched alkanes of at least 4 members (excludes halogenated alkanes) is 1. The van der Waals surface area contributed by atoms with Crippen molar-refractivity contribution in [3.8, 4) is 5.75 Å². The van der Waals surface area contributed by atoms with Crippen LogP contribution in [0.15, 0.2) is 18.2 Å². The van der Waals surface area contributed by atoms with Gasteiger partial charge in [-0.25, -0.2) is 0 Å². The highest BCUT2D eigenvalue weighted by molar-refractivity contribution is 5.78. The summed E-state index contributed by atoms with van der Waals surface area (Å²) in [5.41, 5.74) is 2.00. The van der Waals surface area contributed by atoms with E-state index in [9.17, 15) is 4.79 Å². The van der Waals surface area contributed by atoms with Crippen LogP contribution < -0.4 is 4.74 Å². The first-order valence-electron chi connectivity index (χ1n) is 7.22. The monoisotopic (exact) mass is 262 g/mol. The highest BCUT2D eigenvalue weighted by Crippen LogP contribution is 2.31. The molecule has 2 heteroatoms. The number of rotatable bonds is 6. The third-order valence-corrected chi connectivity index (χ3v) is 4.04. The second-order valence-electron chi connectivity index (χ2n) is 5.65. The van der Waals surface area contributed by atoms with Gasteiger partial charge in [0.2, 0.25) is 0 Å². The number of esters is 1. The van der Waals surface area contributed by atoms with E-state index in [2.05, 4.69) is 20.8 Å². The number of hydrogen-bond acceptors (Lipinski definition) is 2. The number of carbonyl (C=O) groups is 1. The number of benzene rings is 1. The van der Waals surface area contributed by atoms with Crippen LogP contribution in [-0.2, 0) is 4.79 Å². The molecule has 19 heavy (non-hydrogen) atoms. The fourth-order valence-corrected chi connectivity index (χ4v) is 2.00. The first-order valence-corrected chi connectivity index (χ1v) is 7.22. The molecule has 0 radical (unpaired) electrons. The lowest BCUT2D eigenvalue weighted by atomic mass is 9.82. The van der Waals surface area contributed by atoms with Crippen LogP contribution in [0, 0.1) is 19.3 Å². The summed E-state index contributed by atoms with van der Waals surface area (Å²) < 4.78 is 5.56. The topological polar surface area (TPSA) is 26.3 Å². The molecule has 0 saturated heterocycles. The fraction of sp³-hybridized carbons (Fsp3) is 0.588. The molecule has 0 saturated carbocycles. The summed E-state index contributed by atoms with van der Waals surface area (Å²) in [6.45, 7) is 10.3. The van der Waals surface area contributed by atoms with Crippen molar-refractivity contribution in [1.82, 2.24) is 0 Å². The van der Waals surface area contributed by atoms with Crippen LogP contribution in [0.2, 0.25) is 0 Å². The van der Waals surface area contributed by atoms with E-state index in [-0.39, 0.29) is 11.4 Å². The Kier molecular flexibility index (Phi) is 5.59. The summed E-state index contributed by atoms with van der Waals surface area (Å²) in [6.07, 6.45) is 3.87. The first kappa shape index (κ1) is 15.7. The van der Waals surface area contributed by atoms with Crippen LogP contribution in [0.1, 0.15) is 57.6 Å². The molecule has 1 aromatic carbocycles. The fourth-order valence-electron chi connectivity index (χ4n) is 2.00. The molecule has 0 aliphatic carbocycles. The van der Waals surface area contributed by atoms with Crippen molar-refractivity contribution >= 4 is 5.97 Å². The van der Waals surface area contributed by atoms with E-state index in [1.165, 1.54) is 5.56 Å². The van der Waals surface area contributed by atoms with Crippen molar-refractivity contribution in [2.45, 2.75) is 60.3 Å². The van der Waals surface area contributed by atoms with Crippen molar-refractivity contribution in [3.05, 3.63) is 29.3 Å². The van der Waals surface area contributed by atoms with Crippen LogP contribution in [0.3, 0.4) is 0 Å². The minimum absolute atomic E-state index is 0.105. The number of carbonyl (C=O) groups excluding carboxylic acids is 1. The van der Waals surface area contributed by atoms with Crippen LogP contribution in [0.5, 0.6) is 5.75 Å². The predicted molar refractivity (Wildman–Crippen MR) is 79.5 cm³/mol. The normalized spacial score (nSPS) is 13.9. The molecule has 0 aliphatic rings. The summed E-state index contributed by atoms with van der Waals surface area (Å²) >= 11 is 0. The average molecular weight is 262 g/mol. The van der Waals surface area contributed by atoms with Crippen LogP contribution in [0.25, 0.3) is 0 Å². The van der Waals surface area contributed by atoms with Gasteiger partial charge in [0.1, 0.15) is 5.75 Å². The van der Waals surface area contributed by atoms with E-state index in [4.69, 9.17) is 4.74 Å². The third kappa shape index (κ3) is 4.09. The SMILES string of the molecule is CCCCC(C)(CC)C(=O)Oc1ccc(C)c(C)c1. The zero-order valence-electron chi connectivity index (χ0n) is 12.9. The molecule has 106 valence electrons. The Bertz CT molecular complexity index is 437. The zero-order chi connectivity index (χ0) is 14.5. The van der Waals surface area contributed by atoms with E-state index in [1.807, 2.05) is 32.0 Å². The van der Waals surface area contributed by atoms with Crippen LogP contribution in [0.4, 0.5) is 0 Å². The minimum Gasteiger partial charge on any atom is -0.426 e. The Morgan fingerprint density at radius 3 is 2.42 bits per heavy atom. The molecule has 1 rings (SSSR count). The predicted octanol–water partition coefficient (Wildman–Crippen LogP) is 4.82. The molecule has 0 fully saturated rings. The van der Waals surface area contributed by atoms with Crippen molar-refractivity contribution in [2.75, 3.05) is 0 Å². The van der Waals surface area contributed by atoms with Gasteiger partial charge in [-0.2, -0.15) is 0 Å². The zero-order valence-corrected chi connectivity index (χ0v) is 12.9. The van der Waals surface area contributed by atoms with Gasteiger partial charge in [0.05, 0.1) is 5.41 Å². The molecular formula is C17H26O2. The lowest BCUT2D eigenvalue weighted by Gasteiger charge is -2.25. The van der Waals surface area contributed by atoms with Gasteiger partial charge < -0.3 is 4.74 Å². The Balaban J connectivity index is 2.78. The van der Waals surface area contributed by atoms with Gasteiger partial charge in [-0.3, -0.25) is 4.79 Å². The van der Waals surface area contributed by atoms with Gasteiger partial charge in [-0.1, -0.05) is 32.8 Å². The molecule has 0 bridgehead atoms. The van der Waals surface area contributed by atoms with Crippen molar-refractivity contribution in [3.63, 3.8) is 0 Å². The standard InChI is InChI=1S/C17H26O2/c1-6-8-11-17(5,7-2)16(18)19-15-10-9-13(3)14(4)12-15/h9-10,12H,6-8,11H2,1-5H3. The quantitative estimate of drug-likeness (QED) is 0.543. The van der Waals surface area contributed by atoms with Gasteiger partial charge >= 0.3 is 5.97 Å². The number of hydrogen-bond donors (Lipinski definition) is 0. The van der Waals surface area contributed by atoms with E-state index in [1.54, 1.807) is 0 Å². The first-order chi connectivity index (χ1) is 8.92. The molecule has 0 heterocycles. The van der Waals surface area contributed by atoms with E-state index >= 15 is 0 Å². The molecule has 0 aliphatic heterocycles. The third-order valence-electron chi connectivity index (χ3n) is 4.04. The Morgan fingerprint density at radius 2 is 1.89 bits per heavy atom. The van der Waals surface area contributed by atoms with Crippen LogP contribution in [-0.4, -0.2) is 5.97 Å². The summed E-state index contributed by atoms with van der Waals surface area (Å²) in [4.78, 5) is 12.3. The second-order valence-corrected chi connectivity index (χ2v) is 5.65. The van der Waals surface area contributed by atoms with Gasteiger partial charge in [0.25, 0.3) is 0 Å². The number of aryl methyl sites for hydroxylation is 2. The largest absolute Gasteiger partial charge is 0.426 e. The Labute approximate surface area is 117 Å². The van der Waals surface area contributed by atoms with Crippen molar-refractivity contribution in [1.29, 1.82) is 0 Å². The van der Waals surface area contributed by atoms with Crippen molar-refractivity contribution < 1.29 is 9.53 Å². The summed E-state index contributed by atoms with van der Waals surface area (Å²) in [7, 11) is 0. The van der Waals surface area contributed by atoms with Crippen molar-refractivity contribution in [2.24, 2.45) is 5.41 Å². The highest BCUT2D eigenvalue weighted by atomic mass is 16.5. The minimum atomic E-state index is -0.366. The molecule has 2 nitrogen and oxygen atoms in total. The van der Waals surface area contributed by atoms with Gasteiger partial charge in [0.15, 0.2) is 0 Å². The summed E-state index contributed by atoms with van der Waals surface area (Å²) in [6, 6.07) is 5.80. The van der Waals surface area contributed by atoms with Gasteiger partial charge in [0, 0.05) is 0 Å². The summed E-state index contributed by atoms with van der Waals surface area (Å²) in [5, 5.41) is 0. The van der Waals surface area contributed by atoms with E-state index < -0.39 is 0 Å². The molecular weight excluding hydrogens is 236 g/mol. The molecule has 0 N–H and O–H groups in total. The lowest BCUT2D eigenvalue weighted by Crippen LogP contribution is -2.31. The molecule has 0 spiro atoms. The second kappa shape index (κ2) is 6.74. The number of ether oxygens (including phenoxy) is 1. The molecule has 1 aromatic rings.